The fourth-order valence-electron chi connectivity index (χ4n) is 4.00. The molecule has 0 aromatic heterocycles. The van der Waals surface area contributed by atoms with E-state index in [0.717, 1.165) is 38.5 Å². The molecule has 2 aliphatic carbocycles. The second kappa shape index (κ2) is 5.28. The molecule has 1 saturated heterocycles. The Morgan fingerprint density at radius 1 is 1.14 bits per heavy atom. The van der Waals surface area contributed by atoms with Gasteiger partial charge >= 0.3 is 5.97 Å². The molecule has 114 valence electrons. The topological polar surface area (TPSA) is 74.7 Å². The van der Waals surface area contributed by atoms with E-state index in [1.165, 1.54) is 4.90 Å². The maximum absolute atomic E-state index is 12.8. The highest BCUT2D eigenvalue weighted by atomic mass is 16.4. The van der Waals surface area contributed by atoms with Crippen molar-refractivity contribution in [2.45, 2.75) is 57.4 Å². The number of aliphatic carboxylic acids is 1. The molecule has 5 heteroatoms. The first-order chi connectivity index (χ1) is 10.0. The summed E-state index contributed by atoms with van der Waals surface area (Å²) in [5, 5.41) is 9.05. The maximum atomic E-state index is 12.8. The van der Waals surface area contributed by atoms with Gasteiger partial charge in [-0.05, 0) is 19.3 Å². The molecule has 3 rings (SSSR count). The maximum Gasteiger partial charge on any atom is 0.310 e. The summed E-state index contributed by atoms with van der Waals surface area (Å²) in [6.07, 6.45) is 9.82. The van der Waals surface area contributed by atoms with Crippen LogP contribution < -0.4 is 0 Å². The average Bonchev–Trinajstić information content (AvgIpc) is 2.90. The lowest BCUT2D eigenvalue weighted by Gasteiger charge is -2.27. The van der Waals surface area contributed by atoms with E-state index in [2.05, 4.69) is 0 Å². The molecule has 2 amide bonds. The predicted octanol–water partition coefficient (Wildman–Crippen LogP) is 2.12. The van der Waals surface area contributed by atoms with Gasteiger partial charge in [-0.3, -0.25) is 19.3 Å². The van der Waals surface area contributed by atoms with Crippen LogP contribution in [-0.4, -0.2) is 33.8 Å². The fourth-order valence-corrected chi connectivity index (χ4v) is 4.00. The second-order valence-electron chi connectivity index (χ2n) is 6.57. The Kier molecular flexibility index (Phi) is 3.59. The van der Waals surface area contributed by atoms with Gasteiger partial charge in [0.2, 0.25) is 11.8 Å². The van der Waals surface area contributed by atoms with Gasteiger partial charge in [-0.15, -0.1) is 0 Å². The lowest BCUT2D eigenvalue weighted by atomic mass is 9.79. The number of carbonyl (C=O) groups excluding carboxylic acids is 2. The average molecular weight is 291 g/mol. The summed E-state index contributed by atoms with van der Waals surface area (Å²) in [5.41, 5.74) is -0.497. The quantitative estimate of drug-likeness (QED) is 0.624. The highest BCUT2D eigenvalue weighted by Gasteiger charge is 2.53. The van der Waals surface area contributed by atoms with Gasteiger partial charge in [-0.1, -0.05) is 37.8 Å². The number of hydrogen-bond acceptors (Lipinski definition) is 3. The Hall–Kier alpha value is -1.65. The molecular formula is C16H21NO4. The van der Waals surface area contributed by atoms with Crippen molar-refractivity contribution in [3.8, 4) is 0 Å². The van der Waals surface area contributed by atoms with Crippen LogP contribution in [-0.2, 0) is 14.4 Å². The van der Waals surface area contributed by atoms with Gasteiger partial charge in [0.1, 0.15) is 0 Å². The fraction of sp³-hybridized carbons (Fsp3) is 0.688. The summed E-state index contributed by atoms with van der Waals surface area (Å²) in [5.74, 6) is -1.66. The van der Waals surface area contributed by atoms with Gasteiger partial charge in [-0.2, -0.15) is 0 Å². The van der Waals surface area contributed by atoms with Gasteiger partial charge in [0.05, 0.1) is 17.4 Å². The monoisotopic (exact) mass is 291 g/mol. The van der Waals surface area contributed by atoms with Gasteiger partial charge in [0, 0.05) is 6.42 Å². The van der Waals surface area contributed by atoms with Crippen molar-refractivity contribution in [1.82, 2.24) is 4.90 Å². The number of carboxylic acids is 1. The Morgan fingerprint density at radius 3 is 2.38 bits per heavy atom. The van der Waals surface area contributed by atoms with Crippen LogP contribution in [0.15, 0.2) is 12.2 Å². The molecule has 21 heavy (non-hydrogen) atoms. The molecular weight excluding hydrogens is 270 g/mol. The van der Waals surface area contributed by atoms with Crippen LogP contribution in [0.5, 0.6) is 0 Å². The zero-order valence-electron chi connectivity index (χ0n) is 12.1. The smallest absolute Gasteiger partial charge is 0.310 e. The minimum absolute atomic E-state index is 0.0601. The molecule has 1 N–H and O–H groups in total. The normalized spacial score (nSPS) is 31.9. The van der Waals surface area contributed by atoms with E-state index in [1.54, 1.807) is 12.2 Å². The minimum Gasteiger partial charge on any atom is -0.481 e. The summed E-state index contributed by atoms with van der Waals surface area (Å²) in [7, 11) is 0. The molecule has 3 aliphatic rings. The third-order valence-corrected chi connectivity index (χ3v) is 5.20. The number of amides is 2. The second-order valence-corrected chi connectivity index (χ2v) is 6.57. The van der Waals surface area contributed by atoms with Crippen LogP contribution in [0.3, 0.4) is 0 Å². The van der Waals surface area contributed by atoms with E-state index in [0.29, 0.717) is 12.8 Å². The third kappa shape index (κ3) is 2.39. The number of rotatable bonds is 2. The highest BCUT2D eigenvalue weighted by molar-refractivity contribution is 6.06. The molecule has 0 bridgehead atoms. The van der Waals surface area contributed by atoms with Crippen molar-refractivity contribution in [2.75, 3.05) is 0 Å². The lowest BCUT2D eigenvalue weighted by molar-refractivity contribution is -0.146. The van der Waals surface area contributed by atoms with Gasteiger partial charge < -0.3 is 5.11 Å². The highest BCUT2D eigenvalue weighted by Crippen LogP contribution is 2.45. The van der Waals surface area contributed by atoms with Gasteiger partial charge in [0.15, 0.2) is 0 Å². The molecule has 0 aromatic carbocycles. The molecule has 0 radical (unpaired) electrons. The van der Waals surface area contributed by atoms with Crippen LogP contribution in [0.4, 0.5) is 0 Å². The van der Waals surface area contributed by atoms with Gasteiger partial charge in [0.25, 0.3) is 0 Å². The van der Waals surface area contributed by atoms with E-state index in [1.807, 2.05) is 0 Å². The number of carbonyl (C=O) groups is 3. The van der Waals surface area contributed by atoms with Crippen LogP contribution in [0, 0.1) is 11.3 Å². The molecule has 2 unspecified atom stereocenters. The molecule has 0 aromatic rings. The zero-order valence-corrected chi connectivity index (χ0v) is 12.1. The molecule has 1 aliphatic heterocycles. The number of hydrogen-bond donors (Lipinski definition) is 1. The first kappa shape index (κ1) is 14.3. The Labute approximate surface area is 124 Å². The number of nitrogens with zero attached hydrogens (tertiary/aromatic N) is 1. The summed E-state index contributed by atoms with van der Waals surface area (Å²) < 4.78 is 0. The third-order valence-electron chi connectivity index (χ3n) is 5.20. The molecule has 2 atom stereocenters. The largest absolute Gasteiger partial charge is 0.481 e. The van der Waals surface area contributed by atoms with Crippen LogP contribution in [0.1, 0.15) is 51.4 Å². The first-order valence-electron chi connectivity index (χ1n) is 7.81. The van der Waals surface area contributed by atoms with Crippen molar-refractivity contribution in [3.63, 3.8) is 0 Å². The minimum atomic E-state index is -0.892. The first-order valence-corrected chi connectivity index (χ1v) is 7.81. The Morgan fingerprint density at radius 2 is 1.81 bits per heavy atom. The zero-order chi connectivity index (χ0) is 15.0. The van der Waals surface area contributed by atoms with Crippen molar-refractivity contribution in [1.29, 1.82) is 0 Å². The van der Waals surface area contributed by atoms with E-state index in [-0.39, 0.29) is 17.9 Å². The van der Waals surface area contributed by atoms with E-state index >= 15 is 0 Å². The lowest BCUT2D eigenvalue weighted by Crippen LogP contribution is -2.41. The summed E-state index contributed by atoms with van der Waals surface area (Å²) in [6, 6.07) is -0.367. The molecule has 2 fully saturated rings. The van der Waals surface area contributed by atoms with E-state index in [4.69, 9.17) is 5.11 Å². The van der Waals surface area contributed by atoms with Crippen LogP contribution >= 0.6 is 0 Å². The standard InChI is InChI=1S/C16H21NO4/c18-13-10-16(7-3-1-2-4-8-16)15(21)17(13)12-6-5-11(9-12)14(19)20/h5-6,11-12H,1-4,7-10H2,(H,19,20). The molecule has 1 saturated carbocycles. The van der Waals surface area contributed by atoms with Crippen molar-refractivity contribution in [3.05, 3.63) is 12.2 Å². The van der Waals surface area contributed by atoms with Gasteiger partial charge in [-0.25, -0.2) is 0 Å². The number of imide groups is 1. The predicted molar refractivity (Wildman–Crippen MR) is 75.3 cm³/mol. The van der Waals surface area contributed by atoms with Crippen molar-refractivity contribution in [2.24, 2.45) is 11.3 Å². The summed E-state index contributed by atoms with van der Waals surface area (Å²) >= 11 is 0. The van der Waals surface area contributed by atoms with E-state index < -0.39 is 17.3 Å². The SMILES string of the molecule is O=C(O)C1C=CC(N2C(=O)CC3(CCCCCC3)C2=O)C1. The number of likely N-dealkylation sites (tertiary alicyclic amines) is 1. The molecule has 1 heterocycles. The Balaban J connectivity index is 1.78. The molecule has 5 nitrogen and oxygen atoms in total. The number of carboxylic acid groups (broad SMARTS) is 1. The molecule has 1 spiro atoms. The van der Waals surface area contributed by atoms with Crippen molar-refractivity contribution < 1.29 is 19.5 Å². The Bertz CT molecular complexity index is 502. The van der Waals surface area contributed by atoms with E-state index in [9.17, 15) is 14.4 Å². The van der Waals surface area contributed by atoms with Crippen LogP contribution in [0.25, 0.3) is 0 Å². The summed E-state index contributed by atoms with van der Waals surface area (Å²) in [4.78, 5) is 37.6. The summed E-state index contributed by atoms with van der Waals surface area (Å²) in [6.45, 7) is 0. The van der Waals surface area contributed by atoms with Crippen LogP contribution in [0.2, 0.25) is 0 Å². The van der Waals surface area contributed by atoms with Crippen molar-refractivity contribution >= 4 is 17.8 Å².